The van der Waals surface area contributed by atoms with E-state index in [1.54, 1.807) is 0 Å². The van der Waals surface area contributed by atoms with Crippen LogP contribution in [0.4, 0.5) is 11.4 Å². The third kappa shape index (κ3) is 4.27. The molecule has 4 N–H and O–H groups in total. The van der Waals surface area contributed by atoms with Gasteiger partial charge in [-0.05, 0) is 18.6 Å². The van der Waals surface area contributed by atoms with Crippen LogP contribution in [0.5, 0.6) is 11.8 Å². The molecule has 162 valence electrons. The lowest BCUT2D eigenvalue weighted by Crippen LogP contribution is -2.31. The summed E-state index contributed by atoms with van der Waals surface area (Å²) in [6.07, 6.45) is 3.75. The van der Waals surface area contributed by atoms with Crippen molar-refractivity contribution in [2.24, 2.45) is 5.92 Å². The lowest BCUT2D eigenvalue weighted by molar-refractivity contribution is -0.120. The fraction of sp³-hybridized carbons (Fsp3) is 0.238. The lowest BCUT2D eigenvalue weighted by atomic mass is 9.91. The highest BCUT2D eigenvalue weighted by molar-refractivity contribution is 6.28. The average molecular weight is 427 g/mol. The number of carbonyl (C=O) groups is 4. The molecule has 0 radical (unpaired) electrons. The maximum absolute atomic E-state index is 13.1. The molecule has 1 aliphatic heterocycles. The van der Waals surface area contributed by atoms with Gasteiger partial charge in [0.05, 0.1) is 5.69 Å². The third-order valence-electron chi connectivity index (χ3n) is 4.87. The van der Waals surface area contributed by atoms with E-state index >= 15 is 0 Å². The van der Waals surface area contributed by atoms with Crippen LogP contribution in [0.1, 0.15) is 36.5 Å². The number of benzene rings is 1. The van der Waals surface area contributed by atoms with E-state index < -0.39 is 41.2 Å². The molecule has 1 aromatic heterocycles. The van der Waals surface area contributed by atoms with Gasteiger partial charge < -0.3 is 20.7 Å². The van der Waals surface area contributed by atoms with Gasteiger partial charge in [-0.3, -0.25) is 19.2 Å². The average Bonchev–Trinajstić information content (AvgIpc) is 3.21. The zero-order valence-electron chi connectivity index (χ0n) is 16.6. The molecular formula is C21H21N3O7. The molecule has 0 bridgehead atoms. The molecule has 0 aliphatic carbocycles. The van der Waals surface area contributed by atoms with E-state index in [4.69, 9.17) is 0 Å². The molecule has 10 nitrogen and oxygen atoms in total. The first-order valence-corrected chi connectivity index (χ1v) is 9.58. The first-order valence-electron chi connectivity index (χ1n) is 9.58. The Kier molecular flexibility index (Phi) is 6.10. The summed E-state index contributed by atoms with van der Waals surface area (Å²) < 4.78 is 0.0834. The molecule has 3 amide bonds. The van der Waals surface area contributed by atoms with Crippen molar-refractivity contribution >= 4 is 34.9 Å². The minimum atomic E-state index is -1.14. The van der Waals surface area contributed by atoms with Crippen molar-refractivity contribution in [1.82, 2.24) is 4.73 Å². The van der Waals surface area contributed by atoms with Crippen molar-refractivity contribution in [3.63, 3.8) is 0 Å². The van der Waals surface area contributed by atoms with Crippen LogP contribution in [0.2, 0.25) is 0 Å². The Hall–Kier alpha value is -4.08. The number of imide groups is 1. The molecule has 0 saturated heterocycles. The summed E-state index contributed by atoms with van der Waals surface area (Å²) >= 11 is 0. The van der Waals surface area contributed by atoms with Gasteiger partial charge in [-0.2, -0.15) is 0 Å². The zero-order valence-corrected chi connectivity index (χ0v) is 16.6. The van der Waals surface area contributed by atoms with E-state index in [1.165, 1.54) is 24.3 Å². The van der Waals surface area contributed by atoms with Crippen LogP contribution in [0.15, 0.2) is 42.5 Å². The van der Waals surface area contributed by atoms with Crippen molar-refractivity contribution in [2.75, 3.05) is 10.2 Å². The number of nitrogens with zero attached hydrogens (tertiary/aromatic N) is 2. The Bertz CT molecular complexity index is 1070. The Balaban J connectivity index is 1.86. The Morgan fingerprint density at radius 1 is 1.10 bits per heavy atom. The van der Waals surface area contributed by atoms with Crippen molar-refractivity contribution in [2.45, 2.75) is 26.2 Å². The summed E-state index contributed by atoms with van der Waals surface area (Å²) in [7, 11) is 0. The van der Waals surface area contributed by atoms with Gasteiger partial charge in [0.25, 0.3) is 17.7 Å². The van der Waals surface area contributed by atoms with Crippen LogP contribution < -0.4 is 10.2 Å². The van der Waals surface area contributed by atoms with Crippen LogP contribution in [-0.4, -0.2) is 43.7 Å². The smallest absolute Gasteiger partial charge is 0.258 e. The summed E-state index contributed by atoms with van der Waals surface area (Å²) in [6.45, 7) is 1.90. The molecule has 0 spiro atoms. The predicted molar refractivity (Wildman–Crippen MR) is 109 cm³/mol. The number of Topliss-reactive ketones (excluding diaryl/α,β-unsaturated/α-hetero) is 1. The summed E-state index contributed by atoms with van der Waals surface area (Å²) in [4.78, 5) is 50.7. The van der Waals surface area contributed by atoms with Crippen LogP contribution in [0.25, 0.3) is 0 Å². The number of anilines is 2. The molecule has 2 aromatic rings. The monoisotopic (exact) mass is 427 g/mol. The molecule has 0 fully saturated rings. The second kappa shape index (κ2) is 8.74. The topological polar surface area (TPSA) is 149 Å². The normalized spacial score (nSPS) is 14.2. The number of carbonyl (C=O) groups excluding carboxylic acids is 4. The first-order chi connectivity index (χ1) is 14.7. The SMILES string of the molecule is CCCCC(C(=O)Nc1cc(O)n(O)c1O)C(=O)c1cccc(N2C(=O)C=CC2=O)c1. The summed E-state index contributed by atoms with van der Waals surface area (Å²) in [5, 5.41) is 31.0. The van der Waals surface area contributed by atoms with Crippen LogP contribution in [0.3, 0.4) is 0 Å². The zero-order chi connectivity index (χ0) is 22.7. The minimum absolute atomic E-state index is 0.0834. The van der Waals surface area contributed by atoms with Crippen molar-refractivity contribution in [1.29, 1.82) is 0 Å². The molecule has 1 unspecified atom stereocenters. The second-order valence-corrected chi connectivity index (χ2v) is 7.00. The molecule has 2 heterocycles. The molecule has 1 aromatic carbocycles. The van der Waals surface area contributed by atoms with Gasteiger partial charge in [-0.15, -0.1) is 4.73 Å². The van der Waals surface area contributed by atoms with Crippen molar-refractivity contribution in [3.05, 3.63) is 48.0 Å². The number of hydrogen-bond donors (Lipinski definition) is 4. The van der Waals surface area contributed by atoms with Gasteiger partial charge in [0, 0.05) is 23.8 Å². The second-order valence-electron chi connectivity index (χ2n) is 7.00. The standard InChI is InChI=1S/C21H21N3O7/c1-2-3-7-14(20(29)22-15-11-18(27)24(31)21(15)30)19(28)12-5-4-6-13(10-12)23-16(25)8-9-17(23)26/h4-6,8-11,14,27,30-31H,2-3,7H2,1H3,(H,22,29). The number of amides is 3. The van der Waals surface area contributed by atoms with Crippen LogP contribution in [-0.2, 0) is 14.4 Å². The van der Waals surface area contributed by atoms with E-state index in [1.807, 2.05) is 6.92 Å². The van der Waals surface area contributed by atoms with E-state index in [2.05, 4.69) is 5.32 Å². The van der Waals surface area contributed by atoms with Crippen molar-refractivity contribution < 1.29 is 34.6 Å². The van der Waals surface area contributed by atoms with E-state index in [0.717, 1.165) is 29.5 Å². The van der Waals surface area contributed by atoms with Crippen molar-refractivity contribution in [3.8, 4) is 11.8 Å². The fourth-order valence-corrected chi connectivity index (χ4v) is 3.23. The van der Waals surface area contributed by atoms with Gasteiger partial charge >= 0.3 is 0 Å². The van der Waals surface area contributed by atoms with Crippen LogP contribution >= 0.6 is 0 Å². The van der Waals surface area contributed by atoms with Gasteiger partial charge in [0.15, 0.2) is 5.78 Å². The predicted octanol–water partition coefficient (Wildman–Crippen LogP) is 2.19. The highest BCUT2D eigenvalue weighted by Crippen LogP contribution is 2.31. The summed E-state index contributed by atoms with van der Waals surface area (Å²) in [6, 6.07) is 6.79. The number of unbranched alkanes of at least 4 members (excludes halogenated alkanes) is 1. The van der Waals surface area contributed by atoms with Gasteiger partial charge in [-0.1, -0.05) is 31.9 Å². The molecule has 0 saturated carbocycles. The van der Waals surface area contributed by atoms with Gasteiger partial charge in [0.2, 0.25) is 11.8 Å². The molecule has 3 rings (SSSR count). The third-order valence-corrected chi connectivity index (χ3v) is 4.87. The number of hydrogen-bond acceptors (Lipinski definition) is 7. The van der Waals surface area contributed by atoms with E-state index in [0.29, 0.717) is 6.42 Å². The maximum Gasteiger partial charge on any atom is 0.258 e. The highest BCUT2D eigenvalue weighted by atomic mass is 16.5. The number of rotatable bonds is 8. The Labute approximate surface area is 177 Å². The van der Waals surface area contributed by atoms with Gasteiger partial charge in [-0.25, -0.2) is 4.90 Å². The largest absolute Gasteiger partial charge is 0.492 e. The number of aromatic hydroxyl groups is 2. The molecule has 10 heteroatoms. The molecular weight excluding hydrogens is 406 g/mol. The fourth-order valence-electron chi connectivity index (χ4n) is 3.23. The summed E-state index contributed by atoms with van der Waals surface area (Å²) in [5.41, 5.74) is 0.0841. The minimum Gasteiger partial charge on any atom is -0.492 e. The summed E-state index contributed by atoms with van der Waals surface area (Å²) in [5.74, 6) is -4.94. The van der Waals surface area contributed by atoms with E-state index in [-0.39, 0.29) is 28.1 Å². The number of nitrogens with one attached hydrogen (secondary N) is 1. The number of ketones is 1. The van der Waals surface area contributed by atoms with Gasteiger partial charge in [0.1, 0.15) is 11.6 Å². The maximum atomic E-state index is 13.1. The molecule has 1 atom stereocenters. The Morgan fingerprint density at radius 2 is 1.77 bits per heavy atom. The van der Waals surface area contributed by atoms with Crippen LogP contribution in [0, 0.1) is 5.92 Å². The first kappa shape index (κ1) is 21.6. The lowest BCUT2D eigenvalue weighted by Gasteiger charge is -2.18. The number of aromatic nitrogens is 1. The molecule has 1 aliphatic rings. The quantitative estimate of drug-likeness (QED) is 0.218. The molecule has 31 heavy (non-hydrogen) atoms. The Morgan fingerprint density at radius 3 is 2.35 bits per heavy atom. The highest BCUT2D eigenvalue weighted by Gasteiger charge is 2.30. The van der Waals surface area contributed by atoms with E-state index in [9.17, 15) is 34.6 Å².